The Balaban J connectivity index is 1.42. The number of rotatable bonds is 12. The van der Waals surface area contributed by atoms with Crippen molar-refractivity contribution in [1.29, 1.82) is 0 Å². The number of carbonyl (C=O) groups excluding carboxylic acids is 1. The van der Waals surface area contributed by atoms with Crippen molar-refractivity contribution in [2.75, 3.05) is 6.54 Å². The molecule has 1 heterocycles. The van der Waals surface area contributed by atoms with E-state index in [9.17, 15) is 4.79 Å². The van der Waals surface area contributed by atoms with Crippen LogP contribution in [0.4, 0.5) is 4.79 Å². The molecule has 9 heteroatoms. The molecule has 4 aromatic rings. The lowest BCUT2D eigenvalue weighted by atomic mass is 10.0. The number of unbranched alkanes of at least 4 members (excludes halogenated alkanes) is 1. The summed E-state index contributed by atoms with van der Waals surface area (Å²) in [5.74, 6) is 0.810. The van der Waals surface area contributed by atoms with Gasteiger partial charge in [-0.05, 0) is 36.0 Å². The zero-order valence-corrected chi connectivity index (χ0v) is 20.6. The van der Waals surface area contributed by atoms with E-state index in [0.717, 1.165) is 53.8 Å². The van der Waals surface area contributed by atoms with Gasteiger partial charge in [0.15, 0.2) is 0 Å². The van der Waals surface area contributed by atoms with Crippen molar-refractivity contribution in [3.8, 4) is 22.5 Å². The minimum atomic E-state index is -0.536. The molecule has 0 aliphatic heterocycles. The number of ether oxygens (including phenoxy) is 1. The molecule has 0 aliphatic carbocycles. The first kappa shape index (κ1) is 25.4. The number of nitrogens with one attached hydrogen (secondary N) is 2. The second kappa shape index (κ2) is 13.4. The monoisotopic (exact) mass is 503 g/mol. The highest BCUT2D eigenvalue weighted by molar-refractivity contribution is 7.95. The molecule has 0 radical (unpaired) electrons. The van der Waals surface area contributed by atoms with Crippen molar-refractivity contribution in [1.82, 2.24) is 20.2 Å². The highest BCUT2D eigenvalue weighted by Crippen LogP contribution is 2.25. The fraction of sp³-hybridized carbons (Fsp3) is 0.222. The van der Waals surface area contributed by atoms with Crippen LogP contribution in [-0.4, -0.2) is 22.8 Å². The summed E-state index contributed by atoms with van der Waals surface area (Å²) in [5.41, 5.74) is 3.99. The molecule has 8 nitrogen and oxygen atoms in total. The minimum absolute atomic E-state index is 0.180. The number of benzene rings is 3. The van der Waals surface area contributed by atoms with E-state index in [1.165, 1.54) is 0 Å². The molecule has 1 aromatic heterocycles. The zero-order valence-electron chi connectivity index (χ0n) is 19.8. The molecule has 1 atom stereocenters. The zero-order chi connectivity index (χ0) is 25.0. The summed E-state index contributed by atoms with van der Waals surface area (Å²) < 4.78 is 14.0. The molecular weight excluding hydrogens is 474 g/mol. The summed E-state index contributed by atoms with van der Waals surface area (Å²) >= 11 is 1.09. The van der Waals surface area contributed by atoms with Gasteiger partial charge >= 0.3 is 6.09 Å². The van der Waals surface area contributed by atoms with E-state index < -0.39 is 12.1 Å². The maximum Gasteiger partial charge on any atom is 0.408 e. The first-order chi connectivity index (χ1) is 17.7. The number of carbonyl (C=O) groups is 1. The molecule has 1 amide bonds. The molecule has 0 bridgehead atoms. The van der Waals surface area contributed by atoms with Crippen molar-refractivity contribution in [3.05, 3.63) is 96.4 Å². The number of alkyl carbamates (subject to hydrolysis) is 1. The van der Waals surface area contributed by atoms with E-state index in [2.05, 4.69) is 32.3 Å². The van der Waals surface area contributed by atoms with Gasteiger partial charge < -0.3 is 14.6 Å². The van der Waals surface area contributed by atoms with Crippen LogP contribution in [0, 0.1) is 0 Å². The van der Waals surface area contributed by atoms with Gasteiger partial charge in [0.1, 0.15) is 12.6 Å². The van der Waals surface area contributed by atoms with Crippen LogP contribution < -0.4 is 15.2 Å². The fourth-order valence-corrected chi connectivity index (χ4v) is 3.97. The molecule has 36 heavy (non-hydrogen) atoms. The van der Waals surface area contributed by atoms with Gasteiger partial charge in [-0.3, -0.25) is 9.86 Å². The Kier molecular flexibility index (Phi) is 9.49. The topological polar surface area (TPSA) is 115 Å². The summed E-state index contributed by atoms with van der Waals surface area (Å²) in [5, 5.41) is 12.4. The van der Waals surface area contributed by atoms with Gasteiger partial charge in [-0.2, -0.15) is 4.98 Å². The number of nitrogens with two attached hydrogens (primary N) is 1. The van der Waals surface area contributed by atoms with E-state index in [1.54, 1.807) is 0 Å². The van der Waals surface area contributed by atoms with E-state index in [-0.39, 0.29) is 6.61 Å². The van der Waals surface area contributed by atoms with Gasteiger partial charge in [0, 0.05) is 24.2 Å². The van der Waals surface area contributed by atoms with Gasteiger partial charge in [0.2, 0.25) is 11.7 Å². The Morgan fingerprint density at radius 1 is 0.917 bits per heavy atom. The van der Waals surface area contributed by atoms with Gasteiger partial charge in [0.05, 0.1) is 0 Å². The Hall–Kier alpha value is -3.66. The number of hydrogen-bond donors (Lipinski definition) is 3. The molecule has 0 spiro atoms. The summed E-state index contributed by atoms with van der Waals surface area (Å²) in [6.07, 6.45) is 1.78. The predicted octanol–water partition coefficient (Wildman–Crippen LogP) is 5.65. The predicted molar refractivity (Wildman–Crippen MR) is 141 cm³/mol. The highest BCUT2D eigenvalue weighted by Gasteiger charge is 2.22. The van der Waals surface area contributed by atoms with E-state index in [4.69, 9.17) is 14.4 Å². The molecular formula is C27H29N5O3S. The lowest BCUT2D eigenvalue weighted by Crippen LogP contribution is -2.29. The van der Waals surface area contributed by atoms with Crippen molar-refractivity contribution < 1.29 is 14.1 Å². The summed E-state index contributed by atoms with van der Waals surface area (Å²) in [7, 11) is 0. The summed E-state index contributed by atoms with van der Waals surface area (Å²) in [4.78, 5) is 17.1. The number of nitrogens with zero attached hydrogens (tertiary/aromatic N) is 2. The van der Waals surface area contributed by atoms with Crippen molar-refractivity contribution >= 4 is 18.2 Å². The third-order valence-electron chi connectivity index (χ3n) is 5.60. The van der Waals surface area contributed by atoms with Gasteiger partial charge in [0.25, 0.3) is 0 Å². The average molecular weight is 504 g/mol. The summed E-state index contributed by atoms with van der Waals surface area (Å²) in [6, 6.07) is 27.2. The normalized spacial score (nSPS) is 11.7. The van der Waals surface area contributed by atoms with Crippen LogP contribution in [0.3, 0.4) is 0 Å². The number of amides is 1. The van der Waals surface area contributed by atoms with Crippen LogP contribution in [0.1, 0.15) is 36.8 Å². The maximum absolute atomic E-state index is 12.5. The Bertz CT molecular complexity index is 1200. The second-order valence-electron chi connectivity index (χ2n) is 8.17. The van der Waals surface area contributed by atoms with Gasteiger partial charge in [-0.15, -0.1) is 0 Å². The second-order valence-corrected chi connectivity index (χ2v) is 8.69. The number of aromatic nitrogens is 2. The quantitative estimate of drug-likeness (QED) is 0.168. The number of hydrogen-bond acceptors (Lipinski definition) is 8. The van der Waals surface area contributed by atoms with Crippen LogP contribution in [-0.2, 0) is 11.3 Å². The smallest absolute Gasteiger partial charge is 0.408 e. The Morgan fingerprint density at radius 2 is 1.58 bits per heavy atom. The third-order valence-corrected chi connectivity index (χ3v) is 5.97. The summed E-state index contributed by atoms with van der Waals surface area (Å²) in [6.45, 7) is 0.940. The van der Waals surface area contributed by atoms with Gasteiger partial charge in [-0.1, -0.05) is 90.1 Å². The lowest BCUT2D eigenvalue weighted by molar-refractivity contribution is 0.132. The first-order valence-corrected chi connectivity index (χ1v) is 12.7. The van der Waals surface area contributed by atoms with Crippen molar-refractivity contribution in [2.45, 2.75) is 31.9 Å². The average Bonchev–Trinajstić information content (AvgIpc) is 3.43. The molecule has 4 N–H and O–H groups in total. The molecule has 0 saturated heterocycles. The third kappa shape index (κ3) is 7.42. The van der Waals surface area contributed by atoms with Crippen LogP contribution in [0.25, 0.3) is 22.5 Å². The molecule has 186 valence electrons. The van der Waals surface area contributed by atoms with E-state index in [1.807, 2.05) is 72.8 Å². The highest BCUT2D eigenvalue weighted by atomic mass is 32.2. The standard InChI is InChI=1S/C27H29N5O3S/c28-36-29-18-8-7-13-24(30-27(33)34-19-20-9-3-1-4-10-20)26-31-25(32-35-26)23-16-14-22(15-17-23)21-11-5-2-6-12-21/h1-6,9-12,14-17,24,29H,7-8,13,18-19,28H2,(H,30,33). The Labute approximate surface area is 214 Å². The minimum Gasteiger partial charge on any atom is -0.445 e. The molecule has 0 aliphatic rings. The van der Waals surface area contributed by atoms with Crippen LogP contribution >= 0.6 is 12.1 Å². The van der Waals surface area contributed by atoms with Crippen molar-refractivity contribution in [2.24, 2.45) is 5.14 Å². The largest absolute Gasteiger partial charge is 0.445 e. The van der Waals surface area contributed by atoms with Crippen LogP contribution in [0.5, 0.6) is 0 Å². The molecule has 4 rings (SSSR count). The molecule has 0 saturated carbocycles. The van der Waals surface area contributed by atoms with E-state index in [0.29, 0.717) is 18.1 Å². The molecule has 3 aromatic carbocycles. The first-order valence-electron chi connectivity index (χ1n) is 11.8. The van der Waals surface area contributed by atoms with E-state index >= 15 is 0 Å². The van der Waals surface area contributed by atoms with Crippen LogP contribution in [0.15, 0.2) is 89.5 Å². The molecule has 0 fully saturated rings. The van der Waals surface area contributed by atoms with Crippen LogP contribution in [0.2, 0.25) is 0 Å². The SMILES string of the molecule is NSNCCCCC(NC(=O)OCc1ccccc1)c1nc(-c2ccc(-c3ccccc3)cc2)no1. The Morgan fingerprint density at radius 3 is 2.31 bits per heavy atom. The lowest BCUT2D eigenvalue weighted by Gasteiger charge is -2.15. The fourth-order valence-electron chi connectivity index (χ4n) is 3.71. The van der Waals surface area contributed by atoms with Crippen molar-refractivity contribution in [3.63, 3.8) is 0 Å². The molecule has 1 unspecified atom stereocenters. The maximum atomic E-state index is 12.5. The van der Waals surface area contributed by atoms with Gasteiger partial charge in [-0.25, -0.2) is 4.79 Å².